The Hall–Kier alpha value is -2.06. The maximum Gasteiger partial charge on any atom is 0.260 e. The smallest absolute Gasteiger partial charge is 0.260 e. The topological polar surface area (TPSA) is 92.9 Å². The third-order valence-electron chi connectivity index (χ3n) is 3.09. The molecule has 4 N–H and O–H groups in total. The maximum atomic E-state index is 13.9. The van der Waals surface area contributed by atoms with Gasteiger partial charge in [-0.05, 0) is 25.3 Å². The number of amides is 1. The van der Waals surface area contributed by atoms with Gasteiger partial charge in [-0.1, -0.05) is 0 Å². The molecule has 2 heterocycles. The summed E-state index contributed by atoms with van der Waals surface area (Å²) in [7, 11) is 0. The number of aryl methyl sites for hydroxylation is 2. The largest absolute Gasteiger partial charge is 0.306 e. The normalized spacial score (nSPS) is 13.1. The number of nitrogen functional groups attached to an aromatic ring is 1. The average molecular weight is 293 g/mol. The lowest BCUT2D eigenvalue weighted by Gasteiger charge is -2.06. The summed E-state index contributed by atoms with van der Waals surface area (Å²) in [6.45, 7) is 0. The van der Waals surface area contributed by atoms with Crippen molar-refractivity contribution < 1.29 is 9.18 Å². The molecule has 20 heavy (non-hydrogen) atoms. The zero-order chi connectivity index (χ0) is 14.1. The number of hydrogen-bond donors (Lipinski definition) is 3. The van der Waals surface area contributed by atoms with Crippen LogP contribution in [-0.4, -0.2) is 15.9 Å². The summed E-state index contributed by atoms with van der Waals surface area (Å²) < 4.78 is 13.9. The molecule has 0 unspecified atom stereocenters. The van der Waals surface area contributed by atoms with Gasteiger partial charge in [0.05, 0.1) is 11.3 Å². The second-order valence-corrected chi connectivity index (χ2v) is 5.45. The van der Waals surface area contributed by atoms with Gasteiger partial charge in [0.1, 0.15) is 0 Å². The predicted octanol–water partition coefficient (Wildman–Crippen LogP) is 1.70. The fourth-order valence-electron chi connectivity index (χ4n) is 2.13. The van der Waals surface area contributed by atoms with Gasteiger partial charge in [0.25, 0.3) is 5.91 Å². The van der Waals surface area contributed by atoms with Crippen molar-refractivity contribution in [3.05, 3.63) is 34.2 Å². The van der Waals surface area contributed by atoms with Gasteiger partial charge >= 0.3 is 0 Å². The van der Waals surface area contributed by atoms with E-state index in [2.05, 4.69) is 20.7 Å². The number of hydrazine groups is 1. The molecule has 1 aliphatic carbocycles. The number of pyridine rings is 1. The summed E-state index contributed by atoms with van der Waals surface area (Å²) in [6, 6.07) is 1.30. The van der Waals surface area contributed by atoms with Gasteiger partial charge in [0.2, 0.25) is 0 Å². The van der Waals surface area contributed by atoms with E-state index < -0.39 is 11.7 Å². The second-order valence-electron chi connectivity index (χ2n) is 4.36. The standard InChI is InChI=1S/C12H12FN5OS/c13-9-6(4-5-15-10(9)18-14)11(19)17-12-16-7-2-1-3-8(7)20-12/h4-5H,1-3,14H2,(H,15,18)(H,16,17,19). The van der Waals surface area contributed by atoms with Crippen LogP contribution in [-0.2, 0) is 12.8 Å². The molecule has 2 aromatic rings. The number of carbonyl (C=O) groups is 1. The molecule has 0 aliphatic heterocycles. The molecule has 104 valence electrons. The van der Waals surface area contributed by atoms with Crippen molar-refractivity contribution in [1.29, 1.82) is 0 Å². The van der Waals surface area contributed by atoms with Gasteiger partial charge < -0.3 is 5.43 Å². The van der Waals surface area contributed by atoms with Crippen LogP contribution in [0.5, 0.6) is 0 Å². The van der Waals surface area contributed by atoms with E-state index >= 15 is 0 Å². The lowest BCUT2D eigenvalue weighted by atomic mass is 10.2. The lowest BCUT2D eigenvalue weighted by molar-refractivity contribution is 0.102. The van der Waals surface area contributed by atoms with Crippen LogP contribution in [0.2, 0.25) is 0 Å². The number of nitrogens with one attached hydrogen (secondary N) is 2. The number of fused-ring (bicyclic) bond motifs is 1. The molecule has 0 fully saturated rings. The number of nitrogens with two attached hydrogens (primary N) is 1. The number of aromatic nitrogens is 2. The van der Waals surface area contributed by atoms with Crippen LogP contribution in [0, 0.1) is 5.82 Å². The molecule has 8 heteroatoms. The summed E-state index contributed by atoms with van der Waals surface area (Å²) in [5.41, 5.74) is 3.02. The number of thiazole rings is 1. The summed E-state index contributed by atoms with van der Waals surface area (Å²) in [6.07, 6.45) is 4.35. The fourth-order valence-corrected chi connectivity index (χ4v) is 3.17. The molecule has 3 rings (SSSR count). The monoisotopic (exact) mass is 293 g/mol. The Labute approximate surface area is 118 Å². The molecule has 0 saturated carbocycles. The number of hydrogen-bond acceptors (Lipinski definition) is 6. The first-order valence-corrected chi connectivity index (χ1v) is 6.91. The second kappa shape index (κ2) is 5.14. The van der Waals surface area contributed by atoms with E-state index in [0.29, 0.717) is 5.13 Å². The minimum atomic E-state index is -0.781. The Morgan fingerprint density at radius 3 is 3.05 bits per heavy atom. The summed E-state index contributed by atoms with van der Waals surface area (Å²) >= 11 is 1.44. The van der Waals surface area contributed by atoms with E-state index in [4.69, 9.17) is 5.84 Å². The first-order valence-electron chi connectivity index (χ1n) is 6.10. The van der Waals surface area contributed by atoms with Crippen LogP contribution >= 0.6 is 11.3 Å². The summed E-state index contributed by atoms with van der Waals surface area (Å²) in [5, 5.41) is 3.11. The van der Waals surface area contributed by atoms with Crippen LogP contribution < -0.4 is 16.6 Å². The van der Waals surface area contributed by atoms with Crippen LogP contribution in [0.4, 0.5) is 15.3 Å². The fraction of sp³-hybridized carbons (Fsp3) is 0.250. The summed E-state index contributed by atoms with van der Waals surface area (Å²) in [4.78, 5) is 21.3. The molecule has 0 aromatic carbocycles. The SMILES string of the molecule is NNc1nccc(C(=O)Nc2nc3c(s2)CCC3)c1F. The third kappa shape index (κ3) is 2.23. The molecule has 6 nitrogen and oxygen atoms in total. The van der Waals surface area contributed by atoms with Gasteiger partial charge in [-0.2, -0.15) is 0 Å². The van der Waals surface area contributed by atoms with Crippen molar-refractivity contribution in [3.63, 3.8) is 0 Å². The highest BCUT2D eigenvalue weighted by atomic mass is 32.1. The van der Waals surface area contributed by atoms with Gasteiger partial charge in [0.15, 0.2) is 16.8 Å². The van der Waals surface area contributed by atoms with Crippen molar-refractivity contribution in [2.45, 2.75) is 19.3 Å². The molecule has 0 saturated heterocycles. The molecule has 2 aromatic heterocycles. The van der Waals surface area contributed by atoms with Gasteiger partial charge in [-0.15, -0.1) is 11.3 Å². The quantitative estimate of drug-likeness (QED) is 0.591. The van der Waals surface area contributed by atoms with Crippen molar-refractivity contribution in [2.75, 3.05) is 10.7 Å². The van der Waals surface area contributed by atoms with E-state index in [1.54, 1.807) is 0 Å². The first-order chi connectivity index (χ1) is 9.69. The highest BCUT2D eigenvalue weighted by Gasteiger charge is 2.20. The Balaban J connectivity index is 1.82. The minimum absolute atomic E-state index is 0.122. The average Bonchev–Trinajstić information content (AvgIpc) is 2.99. The van der Waals surface area contributed by atoms with Crippen molar-refractivity contribution >= 4 is 28.2 Å². The zero-order valence-corrected chi connectivity index (χ0v) is 11.3. The number of carbonyl (C=O) groups excluding carboxylic acids is 1. The van der Waals surface area contributed by atoms with E-state index in [1.165, 1.54) is 28.5 Å². The Bertz CT molecular complexity index is 650. The molecule has 0 bridgehead atoms. The zero-order valence-electron chi connectivity index (χ0n) is 10.4. The van der Waals surface area contributed by atoms with Crippen LogP contribution in [0.15, 0.2) is 12.3 Å². The van der Waals surface area contributed by atoms with Crippen molar-refractivity contribution in [3.8, 4) is 0 Å². The maximum absolute atomic E-state index is 13.9. The molecular formula is C12H12FN5OS. The van der Waals surface area contributed by atoms with Crippen LogP contribution in [0.1, 0.15) is 27.3 Å². The van der Waals surface area contributed by atoms with Gasteiger partial charge in [-0.25, -0.2) is 20.2 Å². The van der Waals surface area contributed by atoms with Crippen molar-refractivity contribution in [2.24, 2.45) is 5.84 Å². The molecule has 0 atom stereocenters. The number of halogens is 1. The molecule has 0 radical (unpaired) electrons. The Morgan fingerprint density at radius 1 is 1.45 bits per heavy atom. The van der Waals surface area contributed by atoms with E-state index in [9.17, 15) is 9.18 Å². The molecule has 1 amide bonds. The lowest BCUT2D eigenvalue weighted by Crippen LogP contribution is -2.17. The number of nitrogens with zero attached hydrogens (tertiary/aromatic N) is 2. The highest BCUT2D eigenvalue weighted by molar-refractivity contribution is 7.15. The third-order valence-corrected chi connectivity index (χ3v) is 4.16. The van der Waals surface area contributed by atoms with Gasteiger partial charge in [-0.3, -0.25) is 10.1 Å². The highest BCUT2D eigenvalue weighted by Crippen LogP contribution is 2.30. The Morgan fingerprint density at radius 2 is 2.30 bits per heavy atom. The molecular weight excluding hydrogens is 281 g/mol. The van der Waals surface area contributed by atoms with E-state index in [0.717, 1.165) is 25.0 Å². The first kappa shape index (κ1) is 12.9. The molecule has 1 aliphatic rings. The predicted molar refractivity (Wildman–Crippen MR) is 74.1 cm³/mol. The molecule has 0 spiro atoms. The minimum Gasteiger partial charge on any atom is -0.306 e. The van der Waals surface area contributed by atoms with Crippen LogP contribution in [0.25, 0.3) is 0 Å². The van der Waals surface area contributed by atoms with E-state index in [-0.39, 0.29) is 11.4 Å². The van der Waals surface area contributed by atoms with Crippen LogP contribution in [0.3, 0.4) is 0 Å². The Kier molecular flexibility index (Phi) is 3.33. The number of rotatable bonds is 3. The summed E-state index contributed by atoms with van der Waals surface area (Å²) in [5.74, 6) is 3.62. The van der Waals surface area contributed by atoms with Gasteiger partial charge in [0, 0.05) is 11.1 Å². The van der Waals surface area contributed by atoms with Crippen molar-refractivity contribution in [1.82, 2.24) is 9.97 Å². The van der Waals surface area contributed by atoms with E-state index in [1.807, 2.05) is 0 Å². The number of anilines is 2.